The Hall–Kier alpha value is -1.03. The van der Waals surface area contributed by atoms with E-state index in [1.54, 1.807) is 24.0 Å². The summed E-state index contributed by atoms with van der Waals surface area (Å²) in [4.78, 5) is 11.8. The monoisotopic (exact) mass is 255 g/mol. The third kappa shape index (κ3) is 3.00. The van der Waals surface area contributed by atoms with Crippen LogP contribution in [0.4, 0.5) is 0 Å². The van der Waals surface area contributed by atoms with Crippen molar-refractivity contribution in [3.63, 3.8) is 0 Å². The molecule has 1 aliphatic carbocycles. The van der Waals surface area contributed by atoms with E-state index >= 15 is 0 Å². The Morgan fingerprint density at radius 2 is 2.35 bits per heavy atom. The van der Waals surface area contributed by atoms with Crippen molar-refractivity contribution in [2.45, 2.75) is 19.3 Å². The molecule has 0 aliphatic heterocycles. The third-order valence-corrected chi connectivity index (χ3v) is 3.88. The van der Waals surface area contributed by atoms with Crippen LogP contribution in [0.3, 0.4) is 0 Å². The molecule has 0 spiro atoms. The summed E-state index contributed by atoms with van der Waals surface area (Å²) in [5.74, 6) is 1.69. The van der Waals surface area contributed by atoms with E-state index in [1.165, 1.54) is 19.3 Å². The second kappa shape index (κ2) is 5.54. The van der Waals surface area contributed by atoms with Crippen molar-refractivity contribution in [3.05, 3.63) is 18.0 Å². The van der Waals surface area contributed by atoms with Crippen LogP contribution in [0, 0.1) is 11.8 Å². The van der Waals surface area contributed by atoms with Crippen molar-refractivity contribution in [2.75, 3.05) is 12.4 Å². The van der Waals surface area contributed by atoms with Gasteiger partial charge in [0.2, 0.25) is 0 Å². The average Bonchev–Trinajstić information content (AvgIpc) is 2.94. The Labute approximate surface area is 106 Å². The predicted octanol–water partition coefficient (Wildman–Crippen LogP) is 1.80. The average molecular weight is 256 g/mol. The number of halogens is 1. The number of hydrogen-bond donors (Lipinski definition) is 1. The van der Waals surface area contributed by atoms with Gasteiger partial charge in [0.15, 0.2) is 0 Å². The van der Waals surface area contributed by atoms with Gasteiger partial charge in [-0.1, -0.05) is 6.42 Å². The number of aromatic nitrogens is 2. The minimum absolute atomic E-state index is 0.0918. The largest absolute Gasteiger partial charge is 0.350 e. The molecule has 0 saturated heterocycles. The molecule has 0 aromatic carbocycles. The van der Waals surface area contributed by atoms with Gasteiger partial charge in [-0.25, -0.2) is 0 Å². The van der Waals surface area contributed by atoms with E-state index in [4.69, 9.17) is 11.6 Å². The van der Waals surface area contributed by atoms with Crippen molar-refractivity contribution < 1.29 is 4.79 Å². The fourth-order valence-electron chi connectivity index (χ4n) is 2.44. The van der Waals surface area contributed by atoms with E-state index in [-0.39, 0.29) is 5.91 Å². The number of nitrogens with one attached hydrogen (secondary N) is 1. The van der Waals surface area contributed by atoms with Crippen LogP contribution in [0.2, 0.25) is 0 Å². The normalized spacial score (nSPS) is 23.9. The molecular weight excluding hydrogens is 238 g/mol. The van der Waals surface area contributed by atoms with Crippen molar-refractivity contribution in [3.8, 4) is 0 Å². The number of carbonyl (C=O) groups excluding carboxylic acids is 1. The van der Waals surface area contributed by atoms with Gasteiger partial charge in [0.1, 0.15) is 5.69 Å². The van der Waals surface area contributed by atoms with Crippen LogP contribution >= 0.6 is 11.6 Å². The number of rotatable bonds is 4. The van der Waals surface area contributed by atoms with Gasteiger partial charge < -0.3 is 5.32 Å². The summed E-state index contributed by atoms with van der Waals surface area (Å²) in [6, 6.07) is 1.73. The summed E-state index contributed by atoms with van der Waals surface area (Å²) < 4.78 is 1.63. The first-order valence-corrected chi connectivity index (χ1v) is 6.58. The highest BCUT2D eigenvalue weighted by molar-refractivity contribution is 6.18. The molecule has 2 rings (SSSR count). The molecule has 94 valence electrons. The summed E-state index contributed by atoms with van der Waals surface area (Å²) in [6.45, 7) is 0.715. The van der Waals surface area contributed by atoms with Gasteiger partial charge in [-0.15, -0.1) is 11.6 Å². The molecule has 1 heterocycles. The lowest BCUT2D eigenvalue weighted by Gasteiger charge is -2.17. The zero-order valence-electron chi connectivity index (χ0n) is 10.0. The molecule has 1 aromatic rings. The summed E-state index contributed by atoms with van der Waals surface area (Å²) >= 11 is 5.91. The number of hydrogen-bond acceptors (Lipinski definition) is 2. The molecule has 4 nitrogen and oxygen atoms in total. The summed E-state index contributed by atoms with van der Waals surface area (Å²) in [5.41, 5.74) is 0.480. The lowest BCUT2D eigenvalue weighted by molar-refractivity contribution is 0.0939. The van der Waals surface area contributed by atoms with Crippen molar-refractivity contribution in [1.29, 1.82) is 0 Å². The molecule has 1 saturated carbocycles. The fourth-order valence-corrected chi connectivity index (χ4v) is 2.84. The van der Waals surface area contributed by atoms with Crippen molar-refractivity contribution in [2.24, 2.45) is 18.9 Å². The number of alkyl halides is 1. The highest BCUT2D eigenvalue weighted by atomic mass is 35.5. The molecule has 1 aromatic heterocycles. The number of aryl methyl sites for hydroxylation is 1. The van der Waals surface area contributed by atoms with Crippen LogP contribution in [0.25, 0.3) is 0 Å². The lowest BCUT2D eigenvalue weighted by Crippen LogP contribution is -2.31. The van der Waals surface area contributed by atoms with E-state index in [1.807, 2.05) is 0 Å². The minimum Gasteiger partial charge on any atom is -0.350 e. The van der Waals surface area contributed by atoms with Gasteiger partial charge in [-0.2, -0.15) is 5.10 Å². The van der Waals surface area contributed by atoms with E-state index in [0.29, 0.717) is 30.0 Å². The van der Waals surface area contributed by atoms with Crippen molar-refractivity contribution in [1.82, 2.24) is 15.1 Å². The SMILES string of the molecule is Cn1ccc(C(=O)NCC2CCCC2CCl)n1. The molecule has 0 bridgehead atoms. The Bertz CT molecular complexity index is 391. The molecule has 2 atom stereocenters. The van der Waals surface area contributed by atoms with Crippen LogP contribution in [0.15, 0.2) is 12.3 Å². The zero-order valence-corrected chi connectivity index (χ0v) is 10.8. The van der Waals surface area contributed by atoms with Gasteiger partial charge in [0, 0.05) is 25.7 Å². The molecule has 1 fully saturated rings. The van der Waals surface area contributed by atoms with Gasteiger partial charge >= 0.3 is 0 Å². The summed E-state index contributed by atoms with van der Waals surface area (Å²) in [6.07, 6.45) is 5.35. The molecule has 0 radical (unpaired) electrons. The molecule has 5 heteroatoms. The third-order valence-electron chi connectivity index (χ3n) is 3.49. The van der Waals surface area contributed by atoms with Crippen molar-refractivity contribution >= 4 is 17.5 Å². The number of carbonyl (C=O) groups is 1. The van der Waals surface area contributed by atoms with E-state index in [2.05, 4.69) is 10.4 Å². The maximum atomic E-state index is 11.8. The summed E-state index contributed by atoms with van der Waals surface area (Å²) in [7, 11) is 1.80. The zero-order chi connectivity index (χ0) is 12.3. The van der Waals surface area contributed by atoms with Gasteiger partial charge in [-0.3, -0.25) is 9.48 Å². The minimum atomic E-state index is -0.0918. The second-order valence-electron chi connectivity index (χ2n) is 4.69. The topological polar surface area (TPSA) is 46.9 Å². The van der Waals surface area contributed by atoms with E-state index in [9.17, 15) is 4.79 Å². The molecule has 17 heavy (non-hydrogen) atoms. The summed E-state index contributed by atoms with van der Waals surface area (Å²) in [5, 5.41) is 7.02. The van der Waals surface area contributed by atoms with Crippen LogP contribution in [0.5, 0.6) is 0 Å². The number of amides is 1. The highest BCUT2D eigenvalue weighted by Crippen LogP contribution is 2.31. The van der Waals surface area contributed by atoms with Gasteiger partial charge in [0.05, 0.1) is 0 Å². The standard InChI is InChI=1S/C12H18ClN3O/c1-16-6-5-11(15-16)12(17)14-8-10-4-2-3-9(10)7-13/h5-6,9-10H,2-4,7-8H2,1H3,(H,14,17). The molecular formula is C12H18ClN3O. The number of nitrogens with zero attached hydrogens (tertiary/aromatic N) is 2. The van der Waals surface area contributed by atoms with Gasteiger partial charge in [0.25, 0.3) is 5.91 Å². The Balaban J connectivity index is 1.84. The van der Waals surface area contributed by atoms with Crippen LogP contribution < -0.4 is 5.32 Å². The Morgan fingerprint density at radius 1 is 1.59 bits per heavy atom. The highest BCUT2D eigenvalue weighted by Gasteiger charge is 2.26. The lowest BCUT2D eigenvalue weighted by atomic mass is 9.98. The van der Waals surface area contributed by atoms with Crippen LogP contribution in [-0.4, -0.2) is 28.1 Å². The molecule has 1 N–H and O–H groups in total. The first kappa shape index (κ1) is 12.4. The van der Waals surface area contributed by atoms with E-state index in [0.717, 1.165) is 0 Å². The Kier molecular flexibility index (Phi) is 4.05. The van der Waals surface area contributed by atoms with E-state index < -0.39 is 0 Å². The first-order valence-electron chi connectivity index (χ1n) is 6.04. The molecule has 1 amide bonds. The maximum absolute atomic E-state index is 11.8. The predicted molar refractivity (Wildman–Crippen MR) is 67.1 cm³/mol. The smallest absolute Gasteiger partial charge is 0.271 e. The quantitative estimate of drug-likeness (QED) is 0.834. The van der Waals surface area contributed by atoms with Gasteiger partial charge in [-0.05, 0) is 30.7 Å². The van der Waals surface area contributed by atoms with Crippen LogP contribution in [0.1, 0.15) is 29.8 Å². The van der Waals surface area contributed by atoms with Crippen LogP contribution in [-0.2, 0) is 7.05 Å². The second-order valence-corrected chi connectivity index (χ2v) is 5.00. The molecule has 2 unspecified atom stereocenters. The Morgan fingerprint density at radius 3 is 3.00 bits per heavy atom. The maximum Gasteiger partial charge on any atom is 0.271 e. The first-order chi connectivity index (χ1) is 8.20. The fraction of sp³-hybridized carbons (Fsp3) is 0.667. The molecule has 1 aliphatic rings.